The normalized spacial score (nSPS) is 14.1. The third-order valence-electron chi connectivity index (χ3n) is 10.6. The lowest BCUT2D eigenvalue weighted by atomic mass is 10.0. The van der Waals surface area contributed by atoms with Crippen LogP contribution in [0.15, 0.2) is 85.1 Å². The van der Waals surface area contributed by atoms with Gasteiger partial charge < -0.3 is 20.3 Å². The highest BCUT2D eigenvalue weighted by Gasteiger charge is 2.24. The van der Waals surface area contributed by atoms with Gasteiger partial charge in [-0.15, -0.1) is 0 Å². The van der Waals surface area contributed by atoms with E-state index in [-0.39, 0.29) is 24.9 Å². The Morgan fingerprint density at radius 2 is 0.949 bits per heavy atom. The highest BCUT2D eigenvalue weighted by molar-refractivity contribution is 5.77. The molecule has 0 aromatic carbocycles. The van der Waals surface area contributed by atoms with Gasteiger partial charge in [0.15, 0.2) is 0 Å². The molecule has 6 nitrogen and oxygen atoms in total. The van der Waals surface area contributed by atoms with Crippen LogP contribution >= 0.6 is 0 Å². The molecule has 338 valence electrons. The molecular weight excluding hydrogens is 731 g/mol. The van der Waals surface area contributed by atoms with Crippen LogP contribution in [-0.4, -0.2) is 46.9 Å². The van der Waals surface area contributed by atoms with Crippen LogP contribution in [0.1, 0.15) is 213 Å². The quantitative estimate of drug-likeness (QED) is 0.0247. The van der Waals surface area contributed by atoms with Gasteiger partial charge in [0.2, 0.25) is 5.91 Å². The third kappa shape index (κ3) is 41.6. The Kier molecular flexibility index (Phi) is 43.8. The van der Waals surface area contributed by atoms with Crippen molar-refractivity contribution < 1.29 is 24.5 Å². The molecule has 0 aromatic rings. The number of aliphatic hydroxyl groups excluding tert-OH is 2. The zero-order valence-corrected chi connectivity index (χ0v) is 38.4. The number of hydrogen-bond donors (Lipinski definition) is 3. The van der Waals surface area contributed by atoms with Crippen molar-refractivity contribution in [1.29, 1.82) is 0 Å². The van der Waals surface area contributed by atoms with Gasteiger partial charge in [-0.3, -0.25) is 9.59 Å². The van der Waals surface area contributed by atoms with E-state index in [4.69, 9.17) is 4.74 Å². The molecule has 0 spiro atoms. The standard InChI is InChI=1S/C53H91NO5/c1-4-7-10-13-16-19-22-24-25-26-27-28-31-34-37-40-43-46-53(58)59-49(44-41-38-35-32-29-21-18-15-12-9-6-3)47-52(57)54-50(48-55)51(56)45-42-39-36-33-30-23-20-17-14-11-8-5-2/h7,10,13,16,19,22,24-28,31-32,35,49-51,55-56H,4-6,8-9,11-12,14-15,17-18,20-21,23,29-30,33-34,36-48H2,1-3H3,(H,54,57)/b10-7-,16-13+,22-19+,25-24-,27-26+,31-28+,35-32-. The summed E-state index contributed by atoms with van der Waals surface area (Å²) in [7, 11) is 0. The lowest BCUT2D eigenvalue weighted by Crippen LogP contribution is -2.46. The Hall–Kier alpha value is -2.96. The van der Waals surface area contributed by atoms with Crippen LogP contribution in [0.5, 0.6) is 0 Å². The van der Waals surface area contributed by atoms with Crippen molar-refractivity contribution in [2.45, 2.75) is 232 Å². The summed E-state index contributed by atoms with van der Waals surface area (Å²) in [5.74, 6) is -0.561. The number of esters is 1. The minimum Gasteiger partial charge on any atom is -0.462 e. The number of carbonyl (C=O) groups excluding carboxylic acids is 2. The van der Waals surface area contributed by atoms with Crippen molar-refractivity contribution in [3.05, 3.63) is 85.1 Å². The average molecular weight is 822 g/mol. The van der Waals surface area contributed by atoms with E-state index in [1.165, 1.54) is 96.3 Å². The van der Waals surface area contributed by atoms with Crippen molar-refractivity contribution in [2.75, 3.05) is 6.61 Å². The molecule has 1 amide bonds. The Labute approximate surface area is 363 Å². The van der Waals surface area contributed by atoms with Gasteiger partial charge in [-0.1, -0.05) is 221 Å². The predicted molar refractivity (Wildman–Crippen MR) is 254 cm³/mol. The molecule has 3 atom stereocenters. The lowest BCUT2D eigenvalue weighted by Gasteiger charge is -2.24. The largest absolute Gasteiger partial charge is 0.462 e. The Balaban J connectivity index is 4.69. The molecule has 0 bridgehead atoms. The van der Waals surface area contributed by atoms with E-state index in [2.05, 4.69) is 56.5 Å². The van der Waals surface area contributed by atoms with Gasteiger partial charge in [0.1, 0.15) is 6.10 Å². The molecule has 0 radical (unpaired) electrons. The summed E-state index contributed by atoms with van der Waals surface area (Å²) >= 11 is 0. The molecule has 3 N–H and O–H groups in total. The molecule has 0 rings (SSSR count). The Morgan fingerprint density at radius 1 is 0.508 bits per heavy atom. The van der Waals surface area contributed by atoms with Crippen molar-refractivity contribution in [3.63, 3.8) is 0 Å². The predicted octanol–water partition coefficient (Wildman–Crippen LogP) is 14.4. The zero-order chi connectivity index (χ0) is 43.1. The highest BCUT2D eigenvalue weighted by atomic mass is 16.5. The van der Waals surface area contributed by atoms with Gasteiger partial charge in [-0.05, 0) is 64.2 Å². The number of unbranched alkanes of at least 4 members (excludes halogenated alkanes) is 21. The van der Waals surface area contributed by atoms with Crippen LogP contribution in [0.4, 0.5) is 0 Å². The zero-order valence-electron chi connectivity index (χ0n) is 38.4. The molecule has 0 saturated carbocycles. The number of aliphatic hydroxyl groups is 2. The SMILES string of the molecule is CC\C=C/C=C/C=C/C=C\C=C\C=C\CCCCCC(=O)OC(CCC/C=C\CCCCCCCC)CC(=O)NC(CO)C(O)CCCCCCCCCCCCCC. The van der Waals surface area contributed by atoms with Crippen LogP contribution in [0.25, 0.3) is 0 Å². The Bertz CT molecular complexity index is 1150. The second-order valence-corrected chi connectivity index (χ2v) is 16.3. The molecule has 0 aliphatic heterocycles. The van der Waals surface area contributed by atoms with Gasteiger partial charge in [-0.2, -0.15) is 0 Å². The maximum absolute atomic E-state index is 13.2. The summed E-state index contributed by atoms with van der Waals surface area (Å²) in [6, 6.07) is -0.722. The molecule has 3 unspecified atom stereocenters. The fourth-order valence-electron chi connectivity index (χ4n) is 6.93. The second-order valence-electron chi connectivity index (χ2n) is 16.3. The maximum atomic E-state index is 13.2. The van der Waals surface area contributed by atoms with Gasteiger partial charge in [0.05, 0.1) is 25.2 Å². The minimum absolute atomic E-state index is 0.0342. The molecule has 0 heterocycles. The summed E-state index contributed by atoms with van der Waals surface area (Å²) in [5.41, 5.74) is 0. The number of amides is 1. The lowest BCUT2D eigenvalue weighted by molar-refractivity contribution is -0.151. The van der Waals surface area contributed by atoms with Gasteiger partial charge >= 0.3 is 5.97 Å². The molecule has 0 saturated heterocycles. The van der Waals surface area contributed by atoms with Crippen molar-refractivity contribution in [2.24, 2.45) is 0 Å². The summed E-state index contributed by atoms with van der Waals surface area (Å²) in [6.07, 6.45) is 59.2. The van der Waals surface area contributed by atoms with E-state index < -0.39 is 18.2 Å². The van der Waals surface area contributed by atoms with Crippen LogP contribution < -0.4 is 5.32 Å². The van der Waals surface area contributed by atoms with E-state index in [1.807, 2.05) is 54.7 Å². The second kappa shape index (κ2) is 46.1. The maximum Gasteiger partial charge on any atom is 0.306 e. The molecule has 6 heteroatoms. The number of ether oxygens (including phenoxy) is 1. The summed E-state index contributed by atoms with van der Waals surface area (Å²) in [5, 5.41) is 23.7. The van der Waals surface area contributed by atoms with E-state index in [0.717, 1.165) is 70.6 Å². The molecule has 0 aliphatic carbocycles. The fraction of sp³-hybridized carbons (Fsp3) is 0.698. The average Bonchev–Trinajstić information content (AvgIpc) is 3.23. The van der Waals surface area contributed by atoms with Crippen LogP contribution in [-0.2, 0) is 14.3 Å². The third-order valence-corrected chi connectivity index (χ3v) is 10.6. The van der Waals surface area contributed by atoms with Crippen molar-refractivity contribution in [3.8, 4) is 0 Å². The molecule has 0 fully saturated rings. The van der Waals surface area contributed by atoms with E-state index in [1.54, 1.807) is 0 Å². The number of hydrogen-bond acceptors (Lipinski definition) is 5. The van der Waals surface area contributed by atoms with Gasteiger partial charge in [0.25, 0.3) is 0 Å². The summed E-state index contributed by atoms with van der Waals surface area (Å²) in [6.45, 7) is 6.29. The number of nitrogens with one attached hydrogen (secondary N) is 1. The van der Waals surface area contributed by atoms with E-state index >= 15 is 0 Å². The smallest absolute Gasteiger partial charge is 0.306 e. The van der Waals surface area contributed by atoms with Crippen LogP contribution in [0.3, 0.4) is 0 Å². The summed E-state index contributed by atoms with van der Waals surface area (Å²) in [4.78, 5) is 26.0. The van der Waals surface area contributed by atoms with Crippen LogP contribution in [0, 0.1) is 0 Å². The molecular formula is C53H91NO5. The molecule has 0 aliphatic rings. The minimum atomic E-state index is -0.805. The number of allylic oxidation sites excluding steroid dienone is 14. The van der Waals surface area contributed by atoms with Crippen molar-refractivity contribution >= 4 is 11.9 Å². The summed E-state index contributed by atoms with van der Waals surface area (Å²) < 4.78 is 5.88. The first-order valence-corrected chi connectivity index (χ1v) is 24.4. The van der Waals surface area contributed by atoms with Gasteiger partial charge in [0, 0.05) is 6.42 Å². The number of carbonyl (C=O) groups is 2. The van der Waals surface area contributed by atoms with Crippen LogP contribution in [0.2, 0.25) is 0 Å². The monoisotopic (exact) mass is 822 g/mol. The van der Waals surface area contributed by atoms with Crippen molar-refractivity contribution in [1.82, 2.24) is 5.32 Å². The topological polar surface area (TPSA) is 95.9 Å². The first-order chi connectivity index (χ1) is 29.0. The van der Waals surface area contributed by atoms with E-state index in [0.29, 0.717) is 19.3 Å². The fourth-order valence-corrected chi connectivity index (χ4v) is 6.93. The number of rotatable bonds is 42. The first-order valence-electron chi connectivity index (χ1n) is 24.4. The first kappa shape index (κ1) is 56.0. The van der Waals surface area contributed by atoms with Gasteiger partial charge in [-0.25, -0.2) is 0 Å². The van der Waals surface area contributed by atoms with E-state index in [9.17, 15) is 19.8 Å². The highest BCUT2D eigenvalue weighted by Crippen LogP contribution is 2.16. The molecule has 0 aromatic heterocycles. The Morgan fingerprint density at radius 3 is 1.47 bits per heavy atom. The molecule has 59 heavy (non-hydrogen) atoms.